The molecule has 0 radical (unpaired) electrons. The van der Waals surface area contributed by atoms with Crippen LogP contribution in [0.3, 0.4) is 0 Å². The van der Waals surface area contributed by atoms with E-state index in [0.29, 0.717) is 24.5 Å². The van der Waals surface area contributed by atoms with Crippen molar-refractivity contribution in [3.05, 3.63) is 24.3 Å². The third-order valence-corrected chi connectivity index (χ3v) is 5.56. The number of para-hydroxylation sites is 2. The van der Waals surface area contributed by atoms with Gasteiger partial charge in [0.2, 0.25) is 10.0 Å². The smallest absolute Gasteiger partial charge is 0.217 e. The van der Waals surface area contributed by atoms with Crippen LogP contribution in [0.25, 0.3) is 0 Å². The lowest BCUT2D eigenvalue weighted by atomic mass is 10.1. The van der Waals surface area contributed by atoms with Crippen molar-refractivity contribution in [1.82, 2.24) is 4.31 Å². The third-order valence-electron chi connectivity index (χ3n) is 3.73. The van der Waals surface area contributed by atoms with Crippen LogP contribution >= 0.6 is 0 Å². The molecule has 0 aliphatic carbocycles. The highest BCUT2D eigenvalue weighted by atomic mass is 32.2. The first kappa shape index (κ1) is 16.1. The average Bonchev–Trinajstić information content (AvgIpc) is 2.40. The van der Waals surface area contributed by atoms with E-state index < -0.39 is 10.0 Å². The number of anilines is 1. The van der Waals surface area contributed by atoms with Crippen molar-refractivity contribution in [2.45, 2.75) is 32.1 Å². The van der Waals surface area contributed by atoms with Crippen LogP contribution in [0.4, 0.5) is 5.69 Å². The number of rotatable bonds is 5. The van der Waals surface area contributed by atoms with Crippen molar-refractivity contribution in [2.24, 2.45) is 0 Å². The lowest BCUT2D eigenvalue weighted by Crippen LogP contribution is -2.37. The molecule has 0 amide bonds. The maximum atomic E-state index is 12.3. The van der Waals surface area contributed by atoms with Gasteiger partial charge in [-0.3, -0.25) is 0 Å². The third kappa shape index (κ3) is 4.89. The summed E-state index contributed by atoms with van der Waals surface area (Å²) >= 11 is 0. The van der Waals surface area contributed by atoms with Crippen LogP contribution in [0.1, 0.15) is 32.1 Å². The summed E-state index contributed by atoms with van der Waals surface area (Å²) in [6.45, 7) is 1.40. The van der Waals surface area contributed by atoms with Crippen molar-refractivity contribution in [3.63, 3.8) is 0 Å². The fraction of sp³-hybridized carbons (Fsp3) is 0.600. The van der Waals surface area contributed by atoms with Gasteiger partial charge >= 0.3 is 0 Å². The van der Waals surface area contributed by atoms with Gasteiger partial charge in [-0.1, -0.05) is 31.4 Å². The minimum atomic E-state index is -3.24. The highest BCUT2D eigenvalue weighted by Crippen LogP contribution is 2.20. The zero-order valence-corrected chi connectivity index (χ0v) is 13.1. The van der Waals surface area contributed by atoms with E-state index in [1.54, 1.807) is 16.4 Å². The maximum Gasteiger partial charge on any atom is 0.217 e. The zero-order valence-electron chi connectivity index (χ0n) is 12.3. The highest BCUT2D eigenvalue weighted by Gasteiger charge is 2.22. The van der Waals surface area contributed by atoms with Gasteiger partial charge in [-0.15, -0.1) is 0 Å². The summed E-state index contributed by atoms with van der Waals surface area (Å²) in [6, 6.07) is 7.12. The van der Waals surface area contributed by atoms with E-state index in [1.807, 2.05) is 12.1 Å². The maximum absolute atomic E-state index is 12.3. The molecule has 0 unspecified atom stereocenters. The summed E-state index contributed by atoms with van der Waals surface area (Å²) in [6.07, 6.45) is 5.34. The molecule has 1 aliphatic rings. The molecule has 0 bridgehead atoms. The number of nitrogens with two attached hydrogens (primary N) is 1. The first-order chi connectivity index (χ1) is 10.1. The molecule has 2 N–H and O–H groups in total. The standard InChI is InChI=1S/C15H24N2O3S/c16-14-8-4-5-9-15(14)20-12-13-21(18,19)17-10-6-2-1-3-7-11-17/h4-5,8-9H,1-3,6-7,10-13,16H2. The summed E-state index contributed by atoms with van der Waals surface area (Å²) in [5, 5.41) is 0. The summed E-state index contributed by atoms with van der Waals surface area (Å²) in [5.41, 5.74) is 6.30. The Morgan fingerprint density at radius 2 is 1.67 bits per heavy atom. The van der Waals surface area contributed by atoms with Gasteiger partial charge in [0.05, 0.1) is 11.4 Å². The predicted molar refractivity (Wildman–Crippen MR) is 84.8 cm³/mol. The van der Waals surface area contributed by atoms with E-state index in [0.717, 1.165) is 25.7 Å². The molecular formula is C15H24N2O3S. The number of sulfonamides is 1. The number of nitrogens with zero attached hydrogens (tertiary/aromatic N) is 1. The van der Waals surface area contributed by atoms with E-state index in [-0.39, 0.29) is 12.4 Å². The Morgan fingerprint density at radius 3 is 2.33 bits per heavy atom. The molecular weight excluding hydrogens is 288 g/mol. The van der Waals surface area contributed by atoms with Crippen LogP contribution < -0.4 is 10.5 Å². The molecule has 21 heavy (non-hydrogen) atoms. The van der Waals surface area contributed by atoms with Crippen LogP contribution in [-0.2, 0) is 10.0 Å². The molecule has 0 aromatic heterocycles. The van der Waals surface area contributed by atoms with Crippen LogP contribution in [0.5, 0.6) is 5.75 Å². The molecule has 1 aromatic carbocycles. The van der Waals surface area contributed by atoms with Crippen molar-refractivity contribution in [2.75, 3.05) is 31.2 Å². The predicted octanol–water partition coefficient (Wildman–Crippen LogP) is 2.24. The van der Waals surface area contributed by atoms with E-state index in [1.165, 1.54) is 6.42 Å². The largest absolute Gasteiger partial charge is 0.490 e. The second-order valence-corrected chi connectivity index (χ2v) is 7.46. The Hall–Kier alpha value is -1.27. The number of hydrogen-bond donors (Lipinski definition) is 1. The average molecular weight is 312 g/mol. The highest BCUT2D eigenvalue weighted by molar-refractivity contribution is 7.89. The van der Waals surface area contributed by atoms with Gasteiger partial charge < -0.3 is 10.5 Å². The van der Waals surface area contributed by atoms with Gasteiger partial charge in [-0.2, -0.15) is 0 Å². The van der Waals surface area contributed by atoms with Crippen LogP contribution in [0.2, 0.25) is 0 Å². The van der Waals surface area contributed by atoms with Crippen LogP contribution in [0.15, 0.2) is 24.3 Å². The van der Waals surface area contributed by atoms with Crippen LogP contribution in [-0.4, -0.2) is 38.2 Å². The molecule has 0 spiro atoms. The first-order valence-electron chi connectivity index (χ1n) is 7.55. The lowest BCUT2D eigenvalue weighted by Gasteiger charge is -2.24. The molecule has 1 fully saturated rings. The second-order valence-electron chi connectivity index (χ2n) is 5.37. The Kier molecular flexibility index (Phi) is 5.87. The van der Waals surface area contributed by atoms with Gasteiger partial charge in [-0.05, 0) is 25.0 Å². The molecule has 118 valence electrons. The van der Waals surface area contributed by atoms with E-state index in [2.05, 4.69) is 0 Å². The fourth-order valence-electron chi connectivity index (χ4n) is 2.49. The van der Waals surface area contributed by atoms with Crippen molar-refractivity contribution in [3.8, 4) is 5.75 Å². The van der Waals surface area contributed by atoms with E-state index in [4.69, 9.17) is 10.5 Å². The van der Waals surface area contributed by atoms with E-state index in [9.17, 15) is 8.42 Å². The number of benzene rings is 1. The van der Waals surface area contributed by atoms with Crippen molar-refractivity contribution < 1.29 is 13.2 Å². The summed E-state index contributed by atoms with van der Waals surface area (Å²) < 4.78 is 31.8. The van der Waals surface area contributed by atoms with Gasteiger partial charge in [0.1, 0.15) is 12.4 Å². The van der Waals surface area contributed by atoms with Crippen LogP contribution in [0, 0.1) is 0 Å². The molecule has 6 heteroatoms. The van der Waals surface area contributed by atoms with Gasteiger partial charge in [0.25, 0.3) is 0 Å². The quantitative estimate of drug-likeness (QED) is 0.846. The molecule has 5 nitrogen and oxygen atoms in total. The number of ether oxygens (including phenoxy) is 1. The second kappa shape index (κ2) is 7.66. The minimum absolute atomic E-state index is 0.00132. The van der Waals surface area contributed by atoms with Crippen molar-refractivity contribution in [1.29, 1.82) is 0 Å². The molecule has 1 aromatic rings. The number of nitrogen functional groups attached to an aromatic ring is 1. The van der Waals surface area contributed by atoms with Gasteiger partial charge in [0, 0.05) is 13.1 Å². The summed E-state index contributed by atoms with van der Waals surface area (Å²) in [4.78, 5) is 0. The first-order valence-corrected chi connectivity index (χ1v) is 9.16. The molecule has 0 saturated carbocycles. The summed E-state index contributed by atoms with van der Waals surface area (Å²) in [7, 11) is -3.24. The molecule has 2 rings (SSSR count). The number of hydrogen-bond acceptors (Lipinski definition) is 4. The lowest BCUT2D eigenvalue weighted by molar-refractivity contribution is 0.329. The molecule has 1 heterocycles. The topological polar surface area (TPSA) is 72.6 Å². The Labute approximate surface area is 127 Å². The Morgan fingerprint density at radius 1 is 1.05 bits per heavy atom. The van der Waals surface area contributed by atoms with Crippen molar-refractivity contribution >= 4 is 15.7 Å². The Balaban J connectivity index is 1.87. The van der Waals surface area contributed by atoms with E-state index >= 15 is 0 Å². The Bertz CT molecular complexity index is 538. The molecule has 0 atom stereocenters. The monoisotopic (exact) mass is 312 g/mol. The zero-order chi connectivity index (χ0) is 15.1. The minimum Gasteiger partial charge on any atom is -0.490 e. The fourth-order valence-corrected chi connectivity index (χ4v) is 3.86. The van der Waals surface area contributed by atoms with Gasteiger partial charge in [-0.25, -0.2) is 12.7 Å². The SMILES string of the molecule is Nc1ccccc1OCCS(=O)(=O)N1CCCCCCC1. The molecule has 1 aliphatic heterocycles. The molecule has 1 saturated heterocycles. The van der Waals surface area contributed by atoms with Gasteiger partial charge in [0.15, 0.2) is 0 Å². The summed E-state index contributed by atoms with van der Waals surface area (Å²) in [5.74, 6) is 0.543. The normalized spacial score (nSPS) is 17.9.